The van der Waals surface area contributed by atoms with Crippen LogP contribution in [-0.2, 0) is 27.9 Å². The predicted octanol–water partition coefficient (Wildman–Crippen LogP) is 10.5. The molecule has 0 aromatic carbocycles. The molecule has 0 N–H and O–H groups in total. The Hall–Kier alpha value is -2.06. The molecule has 0 heterocycles. The Morgan fingerprint density at radius 1 is 0.627 bits per heavy atom. The monoisotopic (exact) mass is 736 g/mol. The van der Waals surface area contributed by atoms with Gasteiger partial charge in [-0.05, 0) is 70.6 Å². The van der Waals surface area contributed by atoms with Gasteiger partial charge in [-0.2, -0.15) is 0 Å². The molecule has 0 aliphatic carbocycles. The first-order chi connectivity index (χ1) is 24.6. The van der Waals surface area contributed by atoms with E-state index < -0.39 is 19.9 Å². The molecule has 9 heteroatoms. The SMILES string of the molecule is CC/C=C\C/C=C\C/C=C\C/C=C\C/C=C\CCCC(=O)OC(COCCCCCCCC/C=C\CCCC)COP(=O)([O-])OCC[N+](C)(C)C. The van der Waals surface area contributed by atoms with E-state index >= 15 is 0 Å². The fourth-order valence-corrected chi connectivity index (χ4v) is 5.41. The highest BCUT2D eigenvalue weighted by molar-refractivity contribution is 7.45. The highest BCUT2D eigenvalue weighted by Gasteiger charge is 2.20. The Bertz CT molecular complexity index is 1040. The number of phosphoric acid groups is 1. The Labute approximate surface area is 312 Å². The minimum absolute atomic E-state index is 0.0106. The first-order valence-corrected chi connectivity index (χ1v) is 21.1. The van der Waals surface area contributed by atoms with Crippen LogP contribution in [0.15, 0.2) is 72.9 Å². The van der Waals surface area contributed by atoms with Crippen molar-refractivity contribution >= 4 is 13.8 Å². The number of likely N-dealkylation sites (N-methyl/N-ethyl adjacent to an activating group) is 1. The second-order valence-corrected chi connectivity index (χ2v) is 15.3. The number of allylic oxidation sites excluding steroid dienone is 12. The molecule has 0 saturated heterocycles. The lowest BCUT2D eigenvalue weighted by atomic mass is 10.1. The number of quaternary nitrogens is 1. The Morgan fingerprint density at radius 3 is 1.73 bits per heavy atom. The van der Waals surface area contributed by atoms with Crippen LogP contribution in [0.1, 0.15) is 129 Å². The van der Waals surface area contributed by atoms with Gasteiger partial charge in [0, 0.05) is 13.0 Å². The Kier molecular flexibility index (Phi) is 33.6. The molecule has 0 amide bonds. The molecule has 294 valence electrons. The molecule has 2 atom stereocenters. The van der Waals surface area contributed by atoms with Gasteiger partial charge in [0.25, 0.3) is 7.82 Å². The van der Waals surface area contributed by atoms with Crippen molar-refractivity contribution in [1.82, 2.24) is 0 Å². The largest absolute Gasteiger partial charge is 0.756 e. The minimum Gasteiger partial charge on any atom is -0.756 e. The van der Waals surface area contributed by atoms with Gasteiger partial charge in [-0.3, -0.25) is 9.36 Å². The van der Waals surface area contributed by atoms with Crippen molar-refractivity contribution in [1.29, 1.82) is 0 Å². The molecule has 0 rings (SSSR count). The maximum absolute atomic E-state index is 12.6. The van der Waals surface area contributed by atoms with Crippen LogP contribution < -0.4 is 4.89 Å². The third-order valence-corrected chi connectivity index (χ3v) is 8.71. The molecular formula is C42H74NO7P. The van der Waals surface area contributed by atoms with E-state index in [4.69, 9.17) is 18.5 Å². The Balaban J connectivity index is 4.43. The van der Waals surface area contributed by atoms with Gasteiger partial charge in [-0.25, -0.2) is 0 Å². The maximum atomic E-state index is 12.6. The standard InChI is InChI=1S/C42H74NO7P/c1-6-8-10-12-14-16-18-20-21-22-23-24-25-27-29-31-33-35-42(44)50-41(40-49-51(45,46)48-38-36-43(3,4)5)39-47-37-34-32-30-28-26-19-17-15-13-11-9-7-2/h8,10,13-16,20-21,23-24,27,29,41H,6-7,9,11-12,17-19,22,25-26,28,30-40H2,1-5H3/b10-8-,15-13-,16-14-,21-20-,24-23-,29-27-. The van der Waals surface area contributed by atoms with E-state index in [-0.39, 0.29) is 26.2 Å². The van der Waals surface area contributed by atoms with E-state index in [1.807, 2.05) is 21.1 Å². The van der Waals surface area contributed by atoms with Gasteiger partial charge in [0.2, 0.25) is 0 Å². The number of carbonyl (C=O) groups excluding carboxylic acids is 1. The van der Waals surface area contributed by atoms with Crippen LogP contribution in [0.25, 0.3) is 0 Å². The summed E-state index contributed by atoms with van der Waals surface area (Å²) in [7, 11) is 1.30. The van der Waals surface area contributed by atoms with E-state index in [1.165, 1.54) is 38.5 Å². The van der Waals surface area contributed by atoms with Crippen LogP contribution in [-0.4, -0.2) is 70.7 Å². The quantitative estimate of drug-likeness (QED) is 0.0210. The summed E-state index contributed by atoms with van der Waals surface area (Å²) < 4.78 is 34.4. The van der Waals surface area contributed by atoms with Gasteiger partial charge in [0.15, 0.2) is 0 Å². The number of phosphoric ester groups is 1. The zero-order valence-corrected chi connectivity index (χ0v) is 33.9. The molecule has 0 aromatic rings. The third-order valence-electron chi connectivity index (χ3n) is 7.74. The molecular weight excluding hydrogens is 661 g/mol. The summed E-state index contributed by atoms with van der Waals surface area (Å²) in [4.78, 5) is 24.9. The predicted molar refractivity (Wildman–Crippen MR) is 212 cm³/mol. The Morgan fingerprint density at radius 2 is 1.14 bits per heavy atom. The van der Waals surface area contributed by atoms with Crippen LogP contribution in [0.2, 0.25) is 0 Å². The van der Waals surface area contributed by atoms with Gasteiger partial charge < -0.3 is 27.9 Å². The van der Waals surface area contributed by atoms with E-state index in [0.717, 1.165) is 64.2 Å². The van der Waals surface area contributed by atoms with Gasteiger partial charge in [0.05, 0.1) is 34.4 Å². The molecule has 2 unspecified atom stereocenters. The molecule has 8 nitrogen and oxygen atoms in total. The van der Waals surface area contributed by atoms with Crippen LogP contribution in [0.3, 0.4) is 0 Å². The molecule has 0 bridgehead atoms. The molecule has 51 heavy (non-hydrogen) atoms. The van der Waals surface area contributed by atoms with Crippen molar-refractivity contribution in [3.8, 4) is 0 Å². The van der Waals surface area contributed by atoms with Crippen molar-refractivity contribution in [2.45, 2.75) is 136 Å². The highest BCUT2D eigenvalue weighted by Crippen LogP contribution is 2.38. The van der Waals surface area contributed by atoms with Crippen molar-refractivity contribution < 1.29 is 37.3 Å². The van der Waals surface area contributed by atoms with E-state index in [1.54, 1.807) is 0 Å². The minimum atomic E-state index is -4.54. The number of unbranched alkanes of at least 4 members (excludes halogenated alkanes) is 9. The number of hydrogen-bond acceptors (Lipinski definition) is 7. The normalized spacial score (nSPS) is 14.7. The summed E-state index contributed by atoms with van der Waals surface area (Å²) >= 11 is 0. The number of ether oxygens (including phenoxy) is 2. The van der Waals surface area contributed by atoms with Gasteiger partial charge in [-0.1, -0.05) is 125 Å². The molecule has 0 spiro atoms. The van der Waals surface area contributed by atoms with Crippen molar-refractivity contribution in [2.75, 3.05) is 54.1 Å². The zero-order valence-electron chi connectivity index (χ0n) is 33.0. The number of rotatable bonds is 35. The number of hydrogen-bond donors (Lipinski definition) is 0. The molecule has 0 saturated carbocycles. The number of nitrogens with zero attached hydrogens (tertiary/aromatic N) is 1. The smallest absolute Gasteiger partial charge is 0.306 e. The van der Waals surface area contributed by atoms with Crippen LogP contribution >= 0.6 is 7.82 Å². The highest BCUT2D eigenvalue weighted by atomic mass is 31.2. The lowest BCUT2D eigenvalue weighted by molar-refractivity contribution is -0.870. The van der Waals surface area contributed by atoms with Crippen molar-refractivity contribution in [3.63, 3.8) is 0 Å². The summed E-state index contributed by atoms with van der Waals surface area (Å²) in [6, 6.07) is 0. The summed E-state index contributed by atoms with van der Waals surface area (Å²) in [6.07, 6.45) is 43.5. The number of esters is 1. The van der Waals surface area contributed by atoms with E-state index in [0.29, 0.717) is 24.1 Å². The number of carbonyl (C=O) groups is 1. The molecule has 0 radical (unpaired) electrons. The van der Waals surface area contributed by atoms with Crippen molar-refractivity contribution in [2.24, 2.45) is 0 Å². The van der Waals surface area contributed by atoms with Crippen LogP contribution in [0, 0.1) is 0 Å². The summed E-state index contributed by atoms with van der Waals surface area (Å²) in [5.74, 6) is -0.397. The van der Waals surface area contributed by atoms with Crippen LogP contribution in [0.5, 0.6) is 0 Å². The fraction of sp³-hybridized carbons (Fsp3) is 0.690. The first-order valence-electron chi connectivity index (χ1n) is 19.7. The lowest BCUT2D eigenvalue weighted by Crippen LogP contribution is -2.37. The molecule has 0 aliphatic rings. The summed E-state index contributed by atoms with van der Waals surface area (Å²) in [6.45, 7) is 5.14. The summed E-state index contributed by atoms with van der Waals surface area (Å²) in [5, 5.41) is 0. The summed E-state index contributed by atoms with van der Waals surface area (Å²) in [5.41, 5.74) is 0. The van der Waals surface area contributed by atoms with Crippen molar-refractivity contribution in [3.05, 3.63) is 72.9 Å². The van der Waals surface area contributed by atoms with E-state index in [9.17, 15) is 14.3 Å². The second-order valence-electron chi connectivity index (χ2n) is 13.9. The van der Waals surface area contributed by atoms with Gasteiger partial charge >= 0.3 is 5.97 Å². The average molecular weight is 736 g/mol. The molecule has 0 aliphatic heterocycles. The third kappa shape index (κ3) is 39.0. The first kappa shape index (κ1) is 48.9. The fourth-order valence-electron chi connectivity index (χ4n) is 4.68. The lowest BCUT2D eigenvalue weighted by Gasteiger charge is -2.28. The molecule has 0 aromatic heterocycles. The topological polar surface area (TPSA) is 94.1 Å². The van der Waals surface area contributed by atoms with Crippen LogP contribution in [0.4, 0.5) is 0 Å². The zero-order chi connectivity index (χ0) is 37.7. The maximum Gasteiger partial charge on any atom is 0.306 e. The average Bonchev–Trinajstić information content (AvgIpc) is 3.08. The van der Waals surface area contributed by atoms with Gasteiger partial charge in [-0.15, -0.1) is 0 Å². The van der Waals surface area contributed by atoms with Gasteiger partial charge in [0.1, 0.15) is 19.3 Å². The second kappa shape index (κ2) is 35.0. The van der Waals surface area contributed by atoms with E-state index in [2.05, 4.69) is 86.8 Å². The molecule has 0 fully saturated rings.